The summed E-state index contributed by atoms with van der Waals surface area (Å²) < 4.78 is 2.62. The Labute approximate surface area is 190 Å². The van der Waals surface area contributed by atoms with E-state index in [0.29, 0.717) is 29.5 Å². The number of carbonyl (C=O) groups excluding carboxylic acids is 1. The van der Waals surface area contributed by atoms with Crippen molar-refractivity contribution in [2.45, 2.75) is 65.6 Å². The fraction of sp³-hybridized carbons (Fsp3) is 0.500. The van der Waals surface area contributed by atoms with Crippen LogP contribution in [0.5, 0.6) is 5.88 Å². The van der Waals surface area contributed by atoms with Gasteiger partial charge in [-0.1, -0.05) is 20.8 Å². The van der Waals surface area contributed by atoms with Gasteiger partial charge in [0.05, 0.1) is 18.1 Å². The van der Waals surface area contributed by atoms with Gasteiger partial charge in [-0.2, -0.15) is 4.52 Å². The van der Waals surface area contributed by atoms with E-state index in [9.17, 15) is 19.8 Å². The molecule has 1 amide bonds. The highest BCUT2D eigenvalue weighted by Crippen LogP contribution is 2.26. The monoisotopic (exact) mass is 455 g/mol. The number of aromatic hydroxyl groups is 1. The maximum Gasteiger partial charge on any atom is 0.270 e. The lowest BCUT2D eigenvalue weighted by Crippen LogP contribution is -2.37. The predicted octanol–water partition coefficient (Wildman–Crippen LogP) is 1.90. The van der Waals surface area contributed by atoms with Crippen LogP contribution in [0.1, 0.15) is 63.5 Å². The quantitative estimate of drug-likeness (QED) is 0.441. The first kappa shape index (κ1) is 22.7. The minimum absolute atomic E-state index is 0.0309. The predicted molar refractivity (Wildman–Crippen MR) is 122 cm³/mol. The molecule has 0 aromatic carbocycles. The van der Waals surface area contributed by atoms with Crippen LogP contribution >= 0.6 is 0 Å². The smallest absolute Gasteiger partial charge is 0.270 e. The molecule has 11 nitrogen and oxygen atoms in total. The van der Waals surface area contributed by atoms with Crippen molar-refractivity contribution in [1.82, 2.24) is 29.5 Å². The van der Waals surface area contributed by atoms with Crippen LogP contribution in [0.4, 0.5) is 11.6 Å². The first-order valence-corrected chi connectivity index (χ1v) is 10.8. The Morgan fingerprint density at radius 3 is 2.39 bits per heavy atom. The molecule has 4 rings (SSSR count). The van der Waals surface area contributed by atoms with Gasteiger partial charge in [0.1, 0.15) is 17.1 Å². The molecule has 33 heavy (non-hydrogen) atoms. The zero-order valence-electron chi connectivity index (χ0n) is 19.4. The van der Waals surface area contributed by atoms with Gasteiger partial charge in [0, 0.05) is 18.7 Å². The van der Waals surface area contributed by atoms with Crippen molar-refractivity contribution in [2.24, 2.45) is 5.41 Å². The number of carbonyl (C=O) groups is 1. The average Bonchev–Trinajstić information content (AvgIpc) is 3.40. The number of hydrogen-bond acceptors (Lipinski definition) is 8. The Morgan fingerprint density at radius 1 is 1.15 bits per heavy atom. The van der Waals surface area contributed by atoms with Crippen LogP contribution in [0.2, 0.25) is 0 Å². The van der Waals surface area contributed by atoms with Crippen LogP contribution in [0, 0.1) is 5.41 Å². The van der Waals surface area contributed by atoms with Gasteiger partial charge in [0.25, 0.3) is 11.5 Å². The molecular formula is C22H29N7O4. The standard InChI is InChI=1S/C22H29N7O4/c1-21(2,3)11-28-16-8-14(26-15-10-23-13(9-24-15)22(4,5)33)27-29(16)20(32)17(19(28)31)18(30)25-12-6-7-12/h8-10,12,32-33H,6-7,11H2,1-5H3,(H,25,30)(H,24,26,27). The normalized spacial score (nSPS) is 14.5. The Hall–Kier alpha value is -3.47. The summed E-state index contributed by atoms with van der Waals surface area (Å²) in [6, 6.07) is 1.63. The molecule has 4 N–H and O–H groups in total. The van der Waals surface area contributed by atoms with Crippen LogP contribution < -0.4 is 16.2 Å². The Bertz CT molecular complexity index is 1260. The van der Waals surface area contributed by atoms with Crippen LogP contribution in [-0.4, -0.2) is 46.3 Å². The summed E-state index contributed by atoms with van der Waals surface area (Å²) in [6.07, 6.45) is 4.61. The first-order valence-electron chi connectivity index (χ1n) is 10.8. The molecule has 0 atom stereocenters. The van der Waals surface area contributed by atoms with E-state index >= 15 is 0 Å². The second kappa shape index (κ2) is 7.84. The van der Waals surface area contributed by atoms with E-state index < -0.39 is 22.9 Å². The third-order valence-corrected chi connectivity index (χ3v) is 5.16. The molecule has 176 valence electrons. The van der Waals surface area contributed by atoms with Crippen molar-refractivity contribution in [1.29, 1.82) is 0 Å². The van der Waals surface area contributed by atoms with Crippen LogP contribution in [0.25, 0.3) is 5.65 Å². The minimum Gasteiger partial charge on any atom is -0.492 e. The number of amides is 1. The van der Waals surface area contributed by atoms with Gasteiger partial charge in [-0.3, -0.25) is 19.1 Å². The highest BCUT2D eigenvalue weighted by Gasteiger charge is 2.30. The third kappa shape index (κ3) is 4.82. The Morgan fingerprint density at radius 2 is 1.85 bits per heavy atom. The van der Waals surface area contributed by atoms with Gasteiger partial charge >= 0.3 is 0 Å². The molecule has 0 spiro atoms. The van der Waals surface area contributed by atoms with Crippen LogP contribution in [-0.2, 0) is 12.1 Å². The number of hydrogen-bond donors (Lipinski definition) is 4. The number of aromatic nitrogens is 5. The Kier molecular flexibility index (Phi) is 5.39. The second-order valence-corrected chi connectivity index (χ2v) is 10.2. The molecule has 0 saturated heterocycles. The molecule has 0 unspecified atom stereocenters. The summed E-state index contributed by atoms with van der Waals surface area (Å²) in [4.78, 5) is 34.4. The number of anilines is 2. The molecule has 3 heterocycles. The average molecular weight is 456 g/mol. The largest absolute Gasteiger partial charge is 0.492 e. The number of fused-ring (bicyclic) bond motifs is 1. The van der Waals surface area contributed by atoms with Gasteiger partial charge in [-0.15, -0.1) is 5.10 Å². The summed E-state index contributed by atoms with van der Waals surface area (Å²) in [5, 5.41) is 30.9. The summed E-state index contributed by atoms with van der Waals surface area (Å²) >= 11 is 0. The summed E-state index contributed by atoms with van der Waals surface area (Å²) in [6.45, 7) is 9.46. The zero-order chi connectivity index (χ0) is 24.1. The fourth-order valence-corrected chi connectivity index (χ4v) is 3.37. The van der Waals surface area contributed by atoms with E-state index in [1.54, 1.807) is 19.9 Å². The van der Waals surface area contributed by atoms with Crippen molar-refractivity contribution in [3.8, 4) is 5.88 Å². The number of nitrogens with one attached hydrogen (secondary N) is 2. The molecule has 0 radical (unpaired) electrons. The maximum atomic E-state index is 13.3. The van der Waals surface area contributed by atoms with Crippen molar-refractivity contribution >= 4 is 23.2 Å². The lowest BCUT2D eigenvalue weighted by molar-refractivity contribution is 0.0734. The summed E-state index contributed by atoms with van der Waals surface area (Å²) in [5.41, 5.74) is -1.57. The van der Waals surface area contributed by atoms with Gasteiger partial charge in [-0.25, -0.2) is 4.98 Å². The Balaban J connectivity index is 1.77. The van der Waals surface area contributed by atoms with Crippen LogP contribution in [0.3, 0.4) is 0 Å². The van der Waals surface area contributed by atoms with E-state index in [4.69, 9.17) is 0 Å². The van der Waals surface area contributed by atoms with Crippen molar-refractivity contribution in [3.63, 3.8) is 0 Å². The molecule has 3 aromatic heterocycles. The molecule has 1 fully saturated rings. The van der Waals surface area contributed by atoms with E-state index in [0.717, 1.165) is 12.8 Å². The fourth-order valence-electron chi connectivity index (χ4n) is 3.37. The highest BCUT2D eigenvalue weighted by molar-refractivity contribution is 5.96. The highest BCUT2D eigenvalue weighted by atomic mass is 16.3. The van der Waals surface area contributed by atoms with E-state index in [-0.39, 0.29) is 17.0 Å². The van der Waals surface area contributed by atoms with Gasteiger partial charge in [0.15, 0.2) is 11.4 Å². The molecule has 3 aromatic rings. The SMILES string of the molecule is CC(C)(C)Cn1c(=O)c(C(=O)NC2CC2)c(O)n2nc(Nc3cnc(C(C)(C)O)cn3)cc12. The van der Waals surface area contributed by atoms with Gasteiger partial charge < -0.3 is 20.8 Å². The topological polar surface area (TPSA) is 147 Å². The van der Waals surface area contributed by atoms with Crippen molar-refractivity contribution in [2.75, 3.05) is 5.32 Å². The zero-order valence-corrected chi connectivity index (χ0v) is 19.4. The lowest BCUT2D eigenvalue weighted by atomic mass is 9.97. The van der Waals surface area contributed by atoms with E-state index in [1.807, 2.05) is 20.8 Å². The lowest BCUT2D eigenvalue weighted by Gasteiger charge is -2.21. The second-order valence-electron chi connectivity index (χ2n) is 10.2. The number of rotatable bonds is 6. The number of nitrogens with zero attached hydrogens (tertiary/aromatic N) is 5. The molecule has 1 aliphatic rings. The molecule has 1 saturated carbocycles. The molecule has 11 heteroatoms. The minimum atomic E-state index is -1.12. The van der Waals surface area contributed by atoms with Gasteiger partial charge in [0.2, 0.25) is 5.88 Å². The molecule has 0 bridgehead atoms. The maximum absolute atomic E-state index is 13.3. The van der Waals surface area contributed by atoms with Crippen molar-refractivity contribution < 1.29 is 15.0 Å². The van der Waals surface area contributed by atoms with Gasteiger partial charge in [-0.05, 0) is 32.1 Å². The van der Waals surface area contributed by atoms with Crippen LogP contribution in [0.15, 0.2) is 23.3 Å². The van der Waals surface area contributed by atoms with E-state index in [1.165, 1.54) is 21.5 Å². The van der Waals surface area contributed by atoms with Crippen molar-refractivity contribution in [3.05, 3.63) is 40.1 Å². The third-order valence-electron chi connectivity index (χ3n) is 5.16. The first-order chi connectivity index (χ1) is 15.3. The molecule has 0 aliphatic heterocycles. The number of aliphatic hydroxyl groups is 1. The molecule has 1 aliphatic carbocycles. The molecular weight excluding hydrogens is 426 g/mol. The summed E-state index contributed by atoms with van der Waals surface area (Å²) in [7, 11) is 0. The van der Waals surface area contributed by atoms with E-state index in [2.05, 4.69) is 25.7 Å². The summed E-state index contributed by atoms with van der Waals surface area (Å²) in [5.74, 6) is -0.461.